The molecule has 84 valence electrons. The third kappa shape index (κ3) is 3.39. The van der Waals surface area contributed by atoms with Gasteiger partial charge in [0, 0.05) is 6.08 Å². The Labute approximate surface area is 95.9 Å². The molecule has 0 atom stereocenters. The lowest BCUT2D eigenvalue weighted by Gasteiger charge is -2.06. The minimum atomic E-state index is -0.926. The molecule has 0 spiro atoms. The van der Waals surface area contributed by atoms with Crippen molar-refractivity contribution in [3.8, 4) is 0 Å². The van der Waals surface area contributed by atoms with Crippen molar-refractivity contribution >= 4 is 11.5 Å². The van der Waals surface area contributed by atoms with Gasteiger partial charge in [0.2, 0.25) is 0 Å². The number of hydrogen-bond acceptors (Lipinski definition) is 1. The molecule has 2 nitrogen and oxygen atoms in total. The standard InChI is InChI=1S/C14H16O2/c1-10-7-8-13(12(3)9-10)11(2)5-4-6-14(15)16/h4-9H,1-3H3,(H,15,16)/b6-4+,11-5+. The van der Waals surface area contributed by atoms with Gasteiger partial charge in [-0.15, -0.1) is 0 Å². The van der Waals surface area contributed by atoms with Gasteiger partial charge in [0.15, 0.2) is 0 Å². The highest BCUT2D eigenvalue weighted by Crippen LogP contribution is 2.19. The summed E-state index contributed by atoms with van der Waals surface area (Å²) in [6.07, 6.45) is 4.50. The van der Waals surface area contributed by atoms with Crippen LogP contribution in [0.5, 0.6) is 0 Å². The van der Waals surface area contributed by atoms with Crippen molar-refractivity contribution < 1.29 is 9.90 Å². The molecule has 16 heavy (non-hydrogen) atoms. The highest BCUT2D eigenvalue weighted by molar-refractivity contribution is 5.81. The minimum absolute atomic E-state index is 0.926. The molecule has 0 saturated carbocycles. The molecule has 0 fully saturated rings. The van der Waals surface area contributed by atoms with Crippen molar-refractivity contribution in [1.82, 2.24) is 0 Å². The van der Waals surface area contributed by atoms with Crippen molar-refractivity contribution in [2.75, 3.05) is 0 Å². The average Bonchev–Trinajstić information content (AvgIpc) is 2.16. The molecule has 0 unspecified atom stereocenters. The highest BCUT2D eigenvalue weighted by atomic mass is 16.4. The maximum atomic E-state index is 10.3. The normalized spacial score (nSPS) is 12.1. The summed E-state index contributed by atoms with van der Waals surface area (Å²) in [6, 6.07) is 6.24. The number of aryl methyl sites for hydroxylation is 2. The van der Waals surface area contributed by atoms with Gasteiger partial charge in [-0.25, -0.2) is 4.79 Å². The minimum Gasteiger partial charge on any atom is -0.478 e. The largest absolute Gasteiger partial charge is 0.478 e. The van der Waals surface area contributed by atoms with E-state index in [-0.39, 0.29) is 0 Å². The van der Waals surface area contributed by atoms with Crippen LogP contribution in [0.4, 0.5) is 0 Å². The number of carboxylic acids is 1. The third-order valence-corrected chi connectivity index (χ3v) is 2.39. The molecule has 1 rings (SSSR count). The molecule has 1 aromatic rings. The third-order valence-electron chi connectivity index (χ3n) is 2.39. The molecule has 1 aromatic carbocycles. The van der Waals surface area contributed by atoms with Crippen LogP contribution >= 0.6 is 0 Å². The summed E-state index contributed by atoms with van der Waals surface area (Å²) < 4.78 is 0. The van der Waals surface area contributed by atoms with E-state index < -0.39 is 5.97 Å². The number of benzene rings is 1. The molecule has 0 radical (unpaired) electrons. The second-order valence-electron chi connectivity index (χ2n) is 3.87. The number of carboxylic acid groups (broad SMARTS) is 1. The summed E-state index contributed by atoms with van der Waals surface area (Å²) in [4.78, 5) is 10.3. The number of hydrogen-bond donors (Lipinski definition) is 1. The van der Waals surface area contributed by atoms with Gasteiger partial charge in [0.25, 0.3) is 0 Å². The molecule has 0 amide bonds. The van der Waals surface area contributed by atoms with Gasteiger partial charge >= 0.3 is 5.97 Å². The molecule has 0 aliphatic heterocycles. The number of allylic oxidation sites excluding steroid dienone is 3. The van der Waals surface area contributed by atoms with E-state index in [1.54, 1.807) is 6.08 Å². The summed E-state index contributed by atoms with van der Waals surface area (Å²) in [5, 5.41) is 8.47. The van der Waals surface area contributed by atoms with Crippen LogP contribution in [0.25, 0.3) is 5.57 Å². The monoisotopic (exact) mass is 216 g/mol. The molecule has 1 N–H and O–H groups in total. The van der Waals surface area contributed by atoms with Crippen LogP contribution in [0.1, 0.15) is 23.6 Å². The number of aliphatic carboxylic acids is 1. The summed E-state index contributed by atoms with van der Waals surface area (Å²) in [6.45, 7) is 6.09. The molecule has 0 bridgehead atoms. The van der Waals surface area contributed by atoms with Gasteiger partial charge in [0.05, 0.1) is 0 Å². The Kier molecular flexibility index (Phi) is 4.06. The quantitative estimate of drug-likeness (QED) is 0.621. The first-order valence-corrected chi connectivity index (χ1v) is 5.16. The molecule has 0 aliphatic rings. The lowest BCUT2D eigenvalue weighted by molar-refractivity contribution is -0.131. The predicted octanol–water partition coefficient (Wildman–Crippen LogP) is 3.35. The molecule has 0 heterocycles. The fraction of sp³-hybridized carbons (Fsp3) is 0.214. The van der Waals surface area contributed by atoms with Crippen LogP contribution in [0, 0.1) is 13.8 Å². The Hall–Kier alpha value is -1.83. The second-order valence-corrected chi connectivity index (χ2v) is 3.87. The zero-order valence-electron chi connectivity index (χ0n) is 9.82. The maximum Gasteiger partial charge on any atom is 0.328 e. The van der Waals surface area contributed by atoms with Crippen molar-refractivity contribution in [1.29, 1.82) is 0 Å². The summed E-state index contributed by atoms with van der Waals surface area (Å²) in [7, 11) is 0. The number of carbonyl (C=O) groups is 1. The number of rotatable bonds is 3. The van der Waals surface area contributed by atoms with Crippen molar-refractivity contribution in [2.45, 2.75) is 20.8 Å². The highest BCUT2D eigenvalue weighted by Gasteiger charge is 1.99. The molecular weight excluding hydrogens is 200 g/mol. The van der Waals surface area contributed by atoms with Crippen LogP contribution in [0.15, 0.2) is 36.4 Å². The van der Waals surface area contributed by atoms with Crippen molar-refractivity contribution in [2.24, 2.45) is 0 Å². The summed E-state index contributed by atoms with van der Waals surface area (Å²) in [5.74, 6) is -0.926. The topological polar surface area (TPSA) is 37.3 Å². The van der Waals surface area contributed by atoms with Gasteiger partial charge in [-0.2, -0.15) is 0 Å². The van der Waals surface area contributed by atoms with E-state index in [1.807, 2.05) is 13.0 Å². The molecule has 0 aromatic heterocycles. The Bertz CT molecular complexity index is 454. The van der Waals surface area contributed by atoms with Crippen LogP contribution in [0.2, 0.25) is 0 Å². The molecular formula is C14H16O2. The van der Waals surface area contributed by atoms with Gasteiger partial charge in [-0.1, -0.05) is 35.9 Å². The first-order valence-electron chi connectivity index (χ1n) is 5.16. The van der Waals surface area contributed by atoms with Gasteiger partial charge < -0.3 is 5.11 Å². The molecule has 2 heteroatoms. The molecule has 0 aliphatic carbocycles. The van der Waals surface area contributed by atoms with Crippen molar-refractivity contribution in [3.63, 3.8) is 0 Å². The van der Waals surface area contributed by atoms with E-state index in [9.17, 15) is 4.79 Å². The lowest BCUT2D eigenvalue weighted by Crippen LogP contribution is -1.87. The van der Waals surface area contributed by atoms with Crippen molar-refractivity contribution in [3.05, 3.63) is 53.1 Å². The van der Waals surface area contributed by atoms with Crippen LogP contribution in [-0.4, -0.2) is 11.1 Å². The average molecular weight is 216 g/mol. The Balaban J connectivity index is 2.96. The van der Waals surface area contributed by atoms with Crippen LogP contribution in [0.3, 0.4) is 0 Å². The van der Waals surface area contributed by atoms with E-state index in [0.29, 0.717) is 0 Å². The molecule has 0 saturated heterocycles. The van der Waals surface area contributed by atoms with E-state index >= 15 is 0 Å². The van der Waals surface area contributed by atoms with Gasteiger partial charge in [0.1, 0.15) is 0 Å². The lowest BCUT2D eigenvalue weighted by atomic mass is 9.99. The van der Waals surface area contributed by atoms with E-state index in [1.165, 1.54) is 11.1 Å². The maximum absolute atomic E-state index is 10.3. The first kappa shape index (κ1) is 12.2. The smallest absolute Gasteiger partial charge is 0.328 e. The van der Waals surface area contributed by atoms with E-state index in [2.05, 4.69) is 32.0 Å². The summed E-state index contributed by atoms with van der Waals surface area (Å²) in [5.41, 5.74) is 4.66. The van der Waals surface area contributed by atoms with E-state index in [4.69, 9.17) is 5.11 Å². The second kappa shape index (κ2) is 5.31. The van der Waals surface area contributed by atoms with Crippen LogP contribution < -0.4 is 0 Å². The zero-order valence-corrected chi connectivity index (χ0v) is 9.82. The first-order chi connectivity index (χ1) is 7.50. The SMILES string of the molecule is C/C(=C\C=C\C(=O)O)c1ccc(C)cc1C. The fourth-order valence-electron chi connectivity index (χ4n) is 1.62. The van der Waals surface area contributed by atoms with Gasteiger partial charge in [-0.3, -0.25) is 0 Å². The Morgan fingerprint density at radius 1 is 1.31 bits per heavy atom. The van der Waals surface area contributed by atoms with Crippen LogP contribution in [-0.2, 0) is 4.79 Å². The Morgan fingerprint density at radius 3 is 2.56 bits per heavy atom. The Morgan fingerprint density at radius 2 is 2.00 bits per heavy atom. The van der Waals surface area contributed by atoms with Gasteiger partial charge in [-0.05, 0) is 37.5 Å². The van der Waals surface area contributed by atoms with E-state index in [0.717, 1.165) is 17.2 Å². The predicted molar refractivity (Wildman–Crippen MR) is 66.3 cm³/mol. The zero-order chi connectivity index (χ0) is 12.1. The fourth-order valence-corrected chi connectivity index (χ4v) is 1.62. The summed E-state index contributed by atoms with van der Waals surface area (Å²) >= 11 is 0.